The maximum atomic E-state index is 6.44. The molecule has 1 aliphatic heterocycles. The number of thiazole rings is 1. The lowest BCUT2D eigenvalue weighted by atomic mass is 10.1. The van der Waals surface area contributed by atoms with Gasteiger partial charge in [0.25, 0.3) is 0 Å². The molecule has 0 amide bonds. The molecule has 6 rings (SSSR count). The van der Waals surface area contributed by atoms with Gasteiger partial charge in [0.15, 0.2) is 10.2 Å². The van der Waals surface area contributed by atoms with E-state index >= 15 is 0 Å². The highest BCUT2D eigenvalue weighted by molar-refractivity contribution is 7.80. The van der Waals surface area contributed by atoms with Gasteiger partial charge in [-0.2, -0.15) is 0 Å². The number of hydrogen-bond donors (Lipinski definition) is 3. The molecule has 5 aromatic rings. The average Bonchev–Trinajstić information content (AvgIpc) is 3.49. The number of H-pyrrole nitrogens is 1. The molecule has 0 spiro atoms. The number of hydrogen-bond acceptors (Lipinski definition) is 6. The summed E-state index contributed by atoms with van der Waals surface area (Å²) in [6.07, 6.45) is 0.942. The van der Waals surface area contributed by atoms with Gasteiger partial charge >= 0.3 is 0 Å². The summed E-state index contributed by atoms with van der Waals surface area (Å²) >= 11 is 19.9. The predicted octanol–water partition coefficient (Wildman–Crippen LogP) is 7.17. The topological polar surface area (TPSA) is 76.5 Å². The number of aryl methyl sites for hydroxylation is 1. The lowest BCUT2D eigenvalue weighted by Crippen LogP contribution is -2.50. The highest BCUT2D eigenvalue weighted by Gasteiger charge is 2.21. The Labute approximate surface area is 265 Å². The summed E-state index contributed by atoms with van der Waals surface area (Å²) in [4.78, 5) is 14.8. The third-order valence-electron chi connectivity index (χ3n) is 7.85. The van der Waals surface area contributed by atoms with E-state index < -0.39 is 0 Å². The molecule has 1 saturated heterocycles. The Morgan fingerprint density at radius 2 is 1.90 bits per heavy atom. The maximum absolute atomic E-state index is 6.44. The van der Waals surface area contributed by atoms with Gasteiger partial charge < -0.3 is 30.7 Å². The van der Waals surface area contributed by atoms with Crippen molar-refractivity contribution in [2.24, 2.45) is 0 Å². The van der Waals surface area contributed by atoms with E-state index in [4.69, 9.17) is 41.2 Å². The van der Waals surface area contributed by atoms with E-state index in [9.17, 15) is 0 Å². The number of anilines is 3. The molecule has 3 heterocycles. The SMILES string of the molecule is Cc1[nH]c2ccc(NC(=S)N3CCN(c4ccc(Cl)cc4Cl)CC3)cc2c1CCN(C)Cc1ccc2sc(N)nc2c1. The van der Waals surface area contributed by atoms with Crippen molar-refractivity contribution >= 4 is 89.5 Å². The molecule has 42 heavy (non-hydrogen) atoms. The first-order chi connectivity index (χ1) is 20.2. The summed E-state index contributed by atoms with van der Waals surface area (Å²) in [6, 6.07) is 18.5. The fourth-order valence-electron chi connectivity index (χ4n) is 5.66. The fourth-order valence-corrected chi connectivity index (χ4v) is 7.20. The molecule has 218 valence electrons. The Balaban J connectivity index is 1.07. The molecular formula is C31H33Cl2N7S2. The Morgan fingerprint density at radius 1 is 1.10 bits per heavy atom. The number of nitrogens with zero attached hydrogens (tertiary/aromatic N) is 4. The number of aromatic nitrogens is 2. The van der Waals surface area contributed by atoms with E-state index in [2.05, 4.69) is 80.4 Å². The normalized spacial score (nSPS) is 13.9. The molecule has 2 aromatic heterocycles. The second-order valence-corrected chi connectivity index (χ2v) is 13.1. The minimum absolute atomic E-state index is 0.613. The maximum Gasteiger partial charge on any atom is 0.181 e. The number of piperazine rings is 1. The van der Waals surface area contributed by atoms with Crippen molar-refractivity contribution in [2.75, 3.05) is 55.7 Å². The van der Waals surface area contributed by atoms with Crippen molar-refractivity contribution in [3.05, 3.63) is 81.5 Å². The average molecular weight is 639 g/mol. The zero-order valence-electron chi connectivity index (χ0n) is 23.6. The van der Waals surface area contributed by atoms with Crippen LogP contribution in [0.1, 0.15) is 16.8 Å². The Bertz CT molecular complexity index is 1760. The van der Waals surface area contributed by atoms with Gasteiger partial charge in [-0.05, 0) is 92.3 Å². The number of nitrogens with one attached hydrogen (secondary N) is 2. The van der Waals surface area contributed by atoms with Crippen LogP contribution in [-0.4, -0.2) is 64.7 Å². The number of rotatable bonds is 7. The van der Waals surface area contributed by atoms with Crippen molar-refractivity contribution < 1.29 is 0 Å². The fraction of sp³-hybridized carbons (Fsp3) is 0.290. The number of fused-ring (bicyclic) bond motifs is 2. The summed E-state index contributed by atoms with van der Waals surface area (Å²) < 4.78 is 1.13. The molecular weight excluding hydrogens is 605 g/mol. The van der Waals surface area contributed by atoms with Crippen LogP contribution in [0.25, 0.3) is 21.1 Å². The number of nitrogens with two attached hydrogens (primary N) is 1. The van der Waals surface area contributed by atoms with Crippen LogP contribution in [0.4, 0.5) is 16.5 Å². The van der Waals surface area contributed by atoms with E-state index in [1.165, 1.54) is 33.5 Å². The first-order valence-corrected chi connectivity index (χ1v) is 15.9. The minimum Gasteiger partial charge on any atom is -0.375 e. The molecule has 0 aliphatic carbocycles. The van der Waals surface area contributed by atoms with Gasteiger partial charge in [0, 0.05) is 66.6 Å². The molecule has 4 N–H and O–H groups in total. The smallest absolute Gasteiger partial charge is 0.181 e. The Kier molecular flexibility index (Phi) is 8.47. The van der Waals surface area contributed by atoms with E-state index in [0.29, 0.717) is 15.2 Å². The zero-order chi connectivity index (χ0) is 29.4. The van der Waals surface area contributed by atoms with Crippen LogP contribution >= 0.6 is 46.8 Å². The van der Waals surface area contributed by atoms with Gasteiger partial charge in [-0.15, -0.1) is 0 Å². The van der Waals surface area contributed by atoms with Crippen LogP contribution in [0, 0.1) is 6.92 Å². The standard InChI is InChI=1S/C31H33Cl2N7S2/c1-19-23(9-10-38(2)18-20-3-8-29-27(15-20)37-30(34)42-29)24-17-22(5-6-26(24)35-19)36-31(41)40-13-11-39(12-14-40)28-7-4-21(32)16-25(28)33/h3-8,15-17,35H,9-14,18H2,1-2H3,(H2,34,37)(H,36,41). The molecule has 11 heteroatoms. The monoisotopic (exact) mass is 637 g/mol. The number of benzene rings is 3. The van der Waals surface area contributed by atoms with Crippen LogP contribution in [0.15, 0.2) is 54.6 Å². The molecule has 7 nitrogen and oxygen atoms in total. The van der Waals surface area contributed by atoms with Crippen LogP contribution in [0.2, 0.25) is 10.0 Å². The second-order valence-electron chi connectivity index (χ2n) is 10.8. The summed E-state index contributed by atoms with van der Waals surface area (Å²) in [7, 11) is 2.16. The zero-order valence-corrected chi connectivity index (χ0v) is 26.7. The van der Waals surface area contributed by atoms with Crippen molar-refractivity contribution in [1.29, 1.82) is 0 Å². The molecule has 0 saturated carbocycles. The lowest BCUT2D eigenvalue weighted by molar-refractivity contribution is 0.331. The van der Waals surface area contributed by atoms with Crippen LogP contribution in [-0.2, 0) is 13.0 Å². The van der Waals surface area contributed by atoms with Crippen LogP contribution in [0.3, 0.4) is 0 Å². The largest absolute Gasteiger partial charge is 0.375 e. The molecule has 0 bridgehead atoms. The lowest BCUT2D eigenvalue weighted by Gasteiger charge is -2.37. The van der Waals surface area contributed by atoms with Gasteiger partial charge in [0.05, 0.1) is 20.9 Å². The molecule has 0 atom stereocenters. The van der Waals surface area contributed by atoms with Gasteiger partial charge in [0.1, 0.15) is 0 Å². The Morgan fingerprint density at radius 3 is 2.69 bits per heavy atom. The number of likely N-dealkylation sites (N-methyl/N-ethyl adjacent to an activating group) is 1. The molecule has 3 aromatic carbocycles. The summed E-state index contributed by atoms with van der Waals surface area (Å²) in [6.45, 7) is 7.24. The van der Waals surface area contributed by atoms with Gasteiger partial charge in [-0.3, -0.25) is 0 Å². The van der Waals surface area contributed by atoms with Crippen molar-refractivity contribution in [3.63, 3.8) is 0 Å². The van der Waals surface area contributed by atoms with Crippen molar-refractivity contribution in [1.82, 2.24) is 19.8 Å². The van der Waals surface area contributed by atoms with Crippen LogP contribution in [0.5, 0.6) is 0 Å². The number of nitrogen functional groups attached to an aromatic ring is 1. The first kappa shape index (κ1) is 29.0. The summed E-state index contributed by atoms with van der Waals surface area (Å²) in [5.74, 6) is 0. The summed E-state index contributed by atoms with van der Waals surface area (Å²) in [5.41, 5.74) is 13.8. The predicted molar refractivity (Wildman–Crippen MR) is 184 cm³/mol. The summed E-state index contributed by atoms with van der Waals surface area (Å²) in [5, 5.41) is 7.39. The van der Waals surface area contributed by atoms with Gasteiger partial charge in [-0.1, -0.05) is 40.6 Å². The third-order valence-corrected chi connectivity index (χ3v) is 9.62. The molecule has 1 fully saturated rings. The molecule has 0 unspecified atom stereocenters. The van der Waals surface area contributed by atoms with Crippen LogP contribution < -0.4 is 16.0 Å². The number of aromatic amines is 1. The first-order valence-electron chi connectivity index (χ1n) is 13.9. The van der Waals surface area contributed by atoms with E-state index in [1.54, 1.807) is 6.07 Å². The quantitative estimate of drug-likeness (QED) is 0.163. The minimum atomic E-state index is 0.613. The van der Waals surface area contributed by atoms with Crippen molar-refractivity contribution in [2.45, 2.75) is 19.9 Å². The van der Waals surface area contributed by atoms with E-state index in [-0.39, 0.29) is 0 Å². The van der Waals surface area contributed by atoms with E-state index in [1.807, 2.05) is 12.1 Å². The van der Waals surface area contributed by atoms with Gasteiger partial charge in [-0.25, -0.2) is 4.98 Å². The third kappa shape index (κ3) is 6.31. The van der Waals surface area contributed by atoms with Crippen molar-refractivity contribution in [3.8, 4) is 0 Å². The molecule has 1 aliphatic rings. The number of halogens is 2. The number of thiocarbonyl (C=S) groups is 1. The van der Waals surface area contributed by atoms with E-state index in [0.717, 1.165) is 77.9 Å². The second kappa shape index (κ2) is 12.3. The van der Waals surface area contributed by atoms with Gasteiger partial charge in [0.2, 0.25) is 0 Å². The molecule has 0 radical (unpaired) electrons. The highest BCUT2D eigenvalue weighted by atomic mass is 35.5. The Hall–Kier alpha value is -3.08. The highest BCUT2D eigenvalue weighted by Crippen LogP contribution is 2.30.